The number of aldehydes is 1. The molecule has 1 aliphatic rings. The van der Waals surface area contributed by atoms with E-state index in [-0.39, 0.29) is 10.8 Å². The van der Waals surface area contributed by atoms with Gasteiger partial charge in [0.1, 0.15) is 6.29 Å². The van der Waals surface area contributed by atoms with Crippen LogP contribution in [0.1, 0.15) is 47.0 Å². The number of hydrogen-bond acceptors (Lipinski definition) is 4. The van der Waals surface area contributed by atoms with E-state index >= 15 is 0 Å². The van der Waals surface area contributed by atoms with E-state index < -0.39 is 16.8 Å². The standard InChI is InChI=1S/C13H25NO4S/c1-12(2,3)19(16)14-11(6-8-15)5-7-13(4)17-9-10-18-13/h8,11,14H,5-7,9-10H2,1-4H3/t11-,19?/m0/s1. The van der Waals surface area contributed by atoms with Gasteiger partial charge >= 0.3 is 0 Å². The smallest absolute Gasteiger partial charge is 0.165 e. The number of carbonyl (C=O) groups excluding carboxylic acids is 1. The fourth-order valence-corrected chi connectivity index (χ4v) is 2.68. The van der Waals surface area contributed by atoms with Gasteiger partial charge in [0, 0.05) is 18.9 Å². The van der Waals surface area contributed by atoms with E-state index in [9.17, 15) is 9.00 Å². The van der Waals surface area contributed by atoms with Gasteiger partial charge in [0.25, 0.3) is 0 Å². The van der Waals surface area contributed by atoms with Crippen LogP contribution in [0.2, 0.25) is 0 Å². The van der Waals surface area contributed by atoms with Crippen molar-refractivity contribution in [1.29, 1.82) is 0 Å². The molecule has 1 fully saturated rings. The molecule has 1 N–H and O–H groups in total. The first-order chi connectivity index (χ1) is 8.77. The van der Waals surface area contributed by atoms with Gasteiger partial charge in [0.15, 0.2) is 5.79 Å². The SMILES string of the molecule is CC1(CC[C@@H](CC=O)NS(=O)C(C)(C)C)OCCO1. The summed E-state index contributed by atoms with van der Waals surface area (Å²) in [5, 5.41) is 0. The first kappa shape index (κ1) is 16.8. The van der Waals surface area contributed by atoms with Gasteiger partial charge in [0.2, 0.25) is 0 Å². The predicted molar refractivity (Wildman–Crippen MR) is 75.0 cm³/mol. The number of nitrogens with one attached hydrogen (secondary N) is 1. The van der Waals surface area contributed by atoms with Gasteiger partial charge in [-0.15, -0.1) is 0 Å². The van der Waals surface area contributed by atoms with Gasteiger partial charge in [-0.2, -0.15) is 0 Å². The summed E-state index contributed by atoms with van der Waals surface area (Å²) in [6.45, 7) is 8.82. The number of ether oxygens (including phenoxy) is 2. The van der Waals surface area contributed by atoms with Crippen molar-refractivity contribution >= 4 is 17.3 Å². The predicted octanol–water partition coefficient (Wildman–Crippen LogP) is 1.54. The Morgan fingerprint density at radius 1 is 1.37 bits per heavy atom. The van der Waals surface area contributed by atoms with Crippen LogP contribution in [0.4, 0.5) is 0 Å². The van der Waals surface area contributed by atoms with E-state index in [0.29, 0.717) is 32.5 Å². The molecule has 0 spiro atoms. The average molecular weight is 291 g/mol. The van der Waals surface area contributed by atoms with E-state index in [1.165, 1.54) is 0 Å². The molecule has 0 aromatic carbocycles. The lowest BCUT2D eigenvalue weighted by Crippen LogP contribution is -2.41. The molecule has 0 aromatic rings. The van der Waals surface area contributed by atoms with Crippen molar-refractivity contribution in [2.75, 3.05) is 13.2 Å². The lowest BCUT2D eigenvalue weighted by atomic mass is 10.1. The monoisotopic (exact) mass is 291 g/mol. The van der Waals surface area contributed by atoms with Gasteiger partial charge in [-0.3, -0.25) is 0 Å². The summed E-state index contributed by atoms with van der Waals surface area (Å²) in [6, 6.07) is -0.109. The van der Waals surface area contributed by atoms with E-state index in [2.05, 4.69) is 4.72 Å². The molecule has 112 valence electrons. The van der Waals surface area contributed by atoms with Crippen LogP contribution in [0.3, 0.4) is 0 Å². The van der Waals surface area contributed by atoms with Crippen molar-refractivity contribution in [3.63, 3.8) is 0 Å². The lowest BCUT2D eigenvalue weighted by molar-refractivity contribution is -0.148. The summed E-state index contributed by atoms with van der Waals surface area (Å²) in [6.07, 6.45) is 2.57. The highest BCUT2D eigenvalue weighted by Crippen LogP contribution is 2.25. The van der Waals surface area contributed by atoms with Crippen LogP contribution in [-0.2, 0) is 25.3 Å². The first-order valence-electron chi connectivity index (χ1n) is 6.66. The van der Waals surface area contributed by atoms with E-state index in [1.54, 1.807) is 0 Å². The molecule has 0 saturated carbocycles. The second-order valence-electron chi connectivity index (χ2n) is 5.97. The Balaban J connectivity index is 2.48. The molecule has 1 heterocycles. The Labute approximate surface area is 118 Å². The minimum Gasteiger partial charge on any atom is -0.348 e. The van der Waals surface area contributed by atoms with Crippen LogP contribution in [0.25, 0.3) is 0 Å². The maximum absolute atomic E-state index is 12.0. The third-order valence-corrected chi connectivity index (χ3v) is 4.72. The Kier molecular flexibility index (Phi) is 6.11. The summed E-state index contributed by atoms with van der Waals surface area (Å²) >= 11 is 0. The maximum atomic E-state index is 12.0. The summed E-state index contributed by atoms with van der Waals surface area (Å²) in [5.74, 6) is -0.563. The molecule has 19 heavy (non-hydrogen) atoms. The Hall–Kier alpha value is -0.300. The van der Waals surface area contributed by atoms with Gasteiger partial charge < -0.3 is 14.3 Å². The highest BCUT2D eigenvalue weighted by atomic mass is 32.2. The second-order valence-corrected chi connectivity index (χ2v) is 7.97. The highest BCUT2D eigenvalue weighted by molar-refractivity contribution is 7.84. The average Bonchev–Trinajstić information content (AvgIpc) is 2.73. The van der Waals surface area contributed by atoms with Crippen LogP contribution in [-0.4, -0.2) is 40.3 Å². The molecule has 1 saturated heterocycles. The molecule has 5 nitrogen and oxygen atoms in total. The summed E-state index contributed by atoms with van der Waals surface area (Å²) in [4.78, 5) is 10.7. The molecule has 0 radical (unpaired) electrons. The molecule has 0 amide bonds. The zero-order valence-electron chi connectivity index (χ0n) is 12.2. The normalized spacial score (nSPS) is 22.1. The number of rotatable bonds is 7. The van der Waals surface area contributed by atoms with Gasteiger partial charge in [0.05, 0.1) is 28.9 Å². The van der Waals surface area contributed by atoms with Gasteiger partial charge in [-0.1, -0.05) is 0 Å². The van der Waals surface area contributed by atoms with Crippen LogP contribution >= 0.6 is 0 Å². The van der Waals surface area contributed by atoms with Crippen LogP contribution in [0.15, 0.2) is 0 Å². The Bertz CT molecular complexity index is 321. The molecule has 2 atom stereocenters. The van der Waals surface area contributed by atoms with Crippen LogP contribution in [0, 0.1) is 0 Å². The third-order valence-electron chi connectivity index (χ3n) is 3.06. The summed E-state index contributed by atoms with van der Waals surface area (Å²) < 4.78 is 25.8. The van der Waals surface area contributed by atoms with Crippen molar-refractivity contribution in [3.8, 4) is 0 Å². The number of hydrogen-bond donors (Lipinski definition) is 1. The minimum absolute atomic E-state index is 0.109. The van der Waals surface area contributed by atoms with Crippen molar-refractivity contribution in [2.24, 2.45) is 0 Å². The fraction of sp³-hybridized carbons (Fsp3) is 0.923. The molecule has 1 rings (SSSR count). The fourth-order valence-electron chi connectivity index (χ4n) is 1.81. The van der Waals surface area contributed by atoms with Crippen molar-refractivity contribution in [3.05, 3.63) is 0 Å². The maximum Gasteiger partial charge on any atom is 0.165 e. The summed E-state index contributed by atoms with van der Waals surface area (Å²) in [7, 11) is -1.18. The van der Waals surface area contributed by atoms with Crippen LogP contribution < -0.4 is 4.72 Å². The van der Waals surface area contributed by atoms with E-state index in [0.717, 1.165) is 6.29 Å². The number of carbonyl (C=O) groups is 1. The minimum atomic E-state index is -1.18. The van der Waals surface area contributed by atoms with E-state index in [4.69, 9.17) is 9.47 Å². The first-order valence-corrected chi connectivity index (χ1v) is 7.81. The van der Waals surface area contributed by atoms with Gasteiger partial charge in [-0.05, 0) is 34.1 Å². The molecular weight excluding hydrogens is 266 g/mol. The molecule has 0 aliphatic carbocycles. The molecule has 1 unspecified atom stereocenters. The summed E-state index contributed by atoms with van der Waals surface area (Å²) in [5.41, 5.74) is 0. The Morgan fingerprint density at radius 2 is 1.95 bits per heavy atom. The molecular formula is C13H25NO4S. The van der Waals surface area contributed by atoms with Crippen molar-refractivity contribution in [1.82, 2.24) is 4.72 Å². The van der Waals surface area contributed by atoms with Crippen LogP contribution in [0.5, 0.6) is 0 Å². The zero-order valence-corrected chi connectivity index (χ0v) is 13.0. The van der Waals surface area contributed by atoms with E-state index in [1.807, 2.05) is 27.7 Å². The highest BCUT2D eigenvalue weighted by Gasteiger charge is 2.32. The largest absolute Gasteiger partial charge is 0.348 e. The molecule has 6 heteroatoms. The topological polar surface area (TPSA) is 64.6 Å². The zero-order chi connectivity index (χ0) is 14.5. The molecule has 0 bridgehead atoms. The van der Waals surface area contributed by atoms with Crippen molar-refractivity contribution < 1.29 is 18.5 Å². The Morgan fingerprint density at radius 3 is 2.42 bits per heavy atom. The quantitative estimate of drug-likeness (QED) is 0.723. The lowest BCUT2D eigenvalue weighted by Gasteiger charge is -2.27. The van der Waals surface area contributed by atoms with Crippen molar-refractivity contribution in [2.45, 2.75) is 63.5 Å². The third kappa shape index (κ3) is 5.69. The van der Waals surface area contributed by atoms with Gasteiger partial charge in [-0.25, -0.2) is 8.93 Å². The molecule has 0 aromatic heterocycles. The second kappa shape index (κ2) is 6.92. The molecule has 1 aliphatic heterocycles.